The van der Waals surface area contributed by atoms with Crippen LogP contribution in [0, 0.1) is 0 Å². The van der Waals surface area contributed by atoms with Crippen molar-refractivity contribution in [1.82, 2.24) is 10.3 Å². The molecule has 80 valence electrons. The Morgan fingerprint density at radius 1 is 0.938 bits per heavy atom. The molecule has 0 spiro atoms. The fraction of sp³-hybridized carbons (Fsp3) is 0.214. The molecule has 2 nitrogen and oxygen atoms in total. The Morgan fingerprint density at radius 3 is 2.44 bits per heavy atom. The van der Waals surface area contributed by atoms with Crippen molar-refractivity contribution in [2.45, 2.75) is 5.92 Å². The third kappa shape index (κ3) is 1.72. The van der Waals surface area contributed by atoms with Crippen LogP contribution in [-0.4, -0.2) is 18.1 Å². The highest BCUT2D eigenvalue weighted by Gasteiger charge is 2.20. The number of nitrogens with zero attached hydrogens (tertiary/aromatic N) is 1. The minimum absolute atomic E-state index is 0.601. The normalized spacial score (nSPS) is 15.8. The molecule has 1 aliphatic heterocycles. The molecule has 0 atom stereocenters. The molecule has 0 bridgehead atoms. The zero-order chi connectivity index (χ0) is 10.8. The summed E-state index contributed by atoms with van der Waals surface area (Å²) in [4.78, 5) is 4.72. The van der Waals surface area contributed by atoms with Gasteiger partial charge in [-0.05, 0) is 12.1 Å². The lowest BCUT2D eigenvalue weighted by molar-refractivity contribution is 0.440. The van der Waals surface area contributed by atoms with E-state index in [1.54, 1.807) is 0 Å². The molecule has 3 rings (SSSR count). The van der Waals surface area contributed by atoms with Crippen LogP contribution in [0.25, 0.3) is 11.3 Å². The molecule has 1 aromatic heterocycles. The van der Waals surface area contributed by atoms with Crippen LogP contribution in [0.15, 0.2) is 48.5 Å². The molecule has 2 heterocycles. The zero-order valence-corrected chi connectivity index (χ0v) is 9.06. The second kappa shape index (κ2) is 4.06. The van der Waals surface area contributed by atoms with Crippen LogP contribution in [0.1, 0.15) is 11.6 Å². The van der Waals surface area contributed by atoms with Gasteiger partial charge in [0.05, 0.1) is 5.69 Å². The quantitative estimate of drug-likeness (QED) is 0.823. The number of benzene rings is 1. The average molecular weight is 210 g/mol. The summed E-state index contributed by atoms with van der Waals surface area (Å²) in [6.07, 6.45) is 0. The van der Waals surface area contributed by atoms with Crippen molar-refractivity contribution in [3.05, 3.63) is 54.2 Å². The second-order valence-electron chi connectivity index (χ2n) is 4.17. The van der Waals surface area contributed by atoms with Crippen molar-refractivity contribution < 1.29 is 0 Å². The Bertz CT molecular complexity index is 475. The summed E-state index contributed by atoms with van der Waals surface area (Å²) in [6.45, 7) is 2.12. The predicted octanol–water partition coefficient (Wildman–Crippen LogP) is 2.44. The number of nitrogens with one attached hydrogen (secondary N) is 1. The molecule has 1 saturated heterocycles. The number of rotatable bonds is 2. The molecule has 2 heteroatoms. The summed E-state index contributed by atoms with van der Waals surface area (Å²) in [5.41, 5.74) is 3.47. The summed E-state index contributed by atoms with van der Waals surface area (Å²) in [5.74, 6) is 0.601. The van der Waals surface area contributed by atoms with Gasteiger partial charge in [0.1, 0.15) is 0 Å². The highest BCUT2D eigenvalue weighted by molar-refractivity contribution is 5.58. The number of aromatic nitrogens is 1. The predicted molar refractivity (Wildman–Crippen MR) is 65.3 cm³/mol. The average Bonchev–Trinajstić information content (AvgIpc) is 2.28. The summed E-state index contributed by atoms with van der Waals surface area (Å²) in [5, 5.41) is 3.28. The molecular weight excluding hydrogens is 196 g/mol. The molecule has 0 amide bonds. The van der Waals surface area contributed by atoms with Crippen molar-refractivity contribution in [2.75, 3.05) is 13.1 Å². The largest absolute Gasteiger partial charge is 0.315 e. The SMILES string of the molecule is c1ccc(-c2cccc(C3CNC3)n2)cc1. The summed E-state index contributed by atoms with van der Waals surface area (Å²) in [7, 11) is 0. The van der Waals surface area contributed by atoms with Gasteiger partial charge in [0.15, 0.2) is 0 Å². The molecule has 1 aliphatic rings. The van der Waals surface area contributed by atoms with Crippen LogP contribution in [0.2, 0.25) is 0 Å². The monoisotopic (exact) mass is 210 g/mol. The van der Waals surface area contributed by atoms with E-state index >= 15 is 0 Å². The van der Waals surface area contributed by atoms with E-state index in [-0.39, 0.29) is 0 Å². The Morgan fingerprint density at radius 2 is 1.75 bits per heavy atom. The van der Waals surface area contributed by atoms with Crippen molar-refractivity contribution in [1.29, 1.82) is 0 Å². The fourth-order valence-electron chi connectivity index (χ4n) is 1.95. The topological polar surface area (TPSA) is 24.9 Å². The fourth-order valence-corrected chi connectivity index (χ4v) is 1.95. The third-order valence-corrected chi connectivity index (χ3v) is 3.04. The molecule has 0 radical (unpaired) electrons. The maximum Gasteiger partial charge on any atom is 0.0705 e. The van der Waals surface area contributed by atoms with Gasteiger partial charge >= 0.3 is 0 Å². The lowest BCUT2D eigenvalue weighted by atomic mass is 9.98. The van der Waals surface area contributed by atoms with Gasteiger partial charge in [0.25, 0.3) is 0 Å². The van der Waals surface area contributed by atoms with Gasteiger partial charge in [0, 0.05) is 30.3 Å². The highest BCUT2D eigenvalue weighted by atomic mass is 15.0. The minimum Gasteiger partial charge on any atom is -0.315 e. The maximum absolute atomic E-state index is 4.72. The van der Waals surface area contributed by atoms with Crippen LogP contribution in [0.4, 0.5) is 0 Å². The van der Waals surface area contributed by atoms with Gasteiger partial charge in [-0.25, -0.2) is 0 Å². The van der Waals surface area contributed by atoms with E-state index in [9.17, 15) is 0 Å². The van der Waals surface area contributed by atoms with E-state index in [2.05, 4.69) is 47.8 Å². The van der Waals surface area contributed by atoms with E-state index < -0.39 is 0 Å². The molecule has 0 saturated carbocycles. The summed E-state index contributed by atoms with van der Waals surface area (Å²) >= 11 is 0. The smallest absolute Gasteiger partial charge is 0.0705 e. The lowest BCUT2D eigenvalue weighted by Gasteiger charge is -2.26. The lowest BCUT2D eigenvalue weighted by Crippen LogP contribution is -2.40. The Labute approximate surface area is 95.3 Å². The van der Waals surface area contributed by atoms with Gasteiger partial charge in [0.2, 0.25) is 0 Å². The molecular formula is C14H14N2. The van der Waals surface area contributed by atoms with Crippen LogP contribution in [0.5, 0.6) is 0 Å². The van der Waals surface area contributed by atoms with Crippen molar-refractivity contribution in [3.63, 3.8) is 0 Å². The summed E-state index contributed by atoms with van der Waals surface area (Å²) in [6, 6.07) is 16.6. The van der Waals surface area contributed by atoms with E-state index in [4.69, 9.17) is 4.98 Å². The van der Waals surface area contributed by atoms with Crippen molar-refractivity contribution >= 4 is 0 Å². The van der Waals surface area contributed by atoms with E-state index in [0.29, 0.717) is 5.92 Å². The first-order valence-electron chi connectivity index (χ1n) is 5.66. The number of hydrogen-bond donors (Lipinski definition) is 1. The third-order valence-electron chi connectivity index (χ3n) is 3.04. The van der Waals surface area contributed by atoms with Gasteiger partial charge in [-0.3, -0.25) is 4.98 Å². The maximum atomic E-state index is 4.72. The summed E-state index contributed by atoms with van der Waals surface area (Å²) < 4.78 is 0. The molecule has 0 aliphatic carbocycles. The molecule has 0 unspecified atom stereocenters. The molecule has 16 heavy (non-hydrogen) atoms. The van der Waals surface area contributed by atoms with E-state index in [0.717, 1.165) is 18.8 Å². The Kier molecular flexibility index (Phi) is 2.43. The van der Waals surface area contributed by atoms with Crippen LogP contribution >= 0.6 is 0 Å². The van der Waals surface area contributed by atoms with Gasteiger partial charge in [-0.15, -0.1) is 0 Å². The zero-order valence-electron chi connectivity index (χ0n) is 9.06. The first kappa shape index (κ1) is 9.55. The second-order valence-corrected chi connectivity index (χ2v) is 4.17. The standard InChI is InChI=1S/C14H14N2/c1-2-5-11(6-3-1)13-7-4-8-14(16-13)12-9-15-10-12/h1-8,12,15H,9-10H2. The number of hydrogen-bond acceptors (Lipinski definition) is 2. The van der Waals surface area contributed by atoms with Crippen LogP contribution in [-0.2, 0) is 0 Å². The van der Waals surface area contributed by atoms with Gasteiger partial charge in [-0.2, -0.15) is 0 Å². The van der Waals surface area contributed by atoms with Crippen molar-refractivity contribution in [3.8, 4) is 11.3 Å². The number of pyridine rings is 1. The van der Waals surface area contributed by atoms with Crippen LogP contribution in [0.3, 0.4) is 0 Å². The Hall–Kier alpha value is -1.67. The molecule has 1 fully saturated rings. The van der Waals surface area contributed by atoms with E-state index in [1.165, 1.54) is 11.3 Å². The van der Waals surface area contributed by atoms with Gasteiger partial charge < -0.3 is 5.32 Å². The first-order valence-corrected chi connectivity index (χ1v) is 5.66. The highest BCUT2D eigenvalue weighted by Crippen LogP contribution is 2.22. The Balaban J connectivity index is 1.96. The van der Waals surface area contributed by atoms with Crippen molar-refractivity contribution in [2.24, 2.45) is 0 Å². The molecule has 1 aromatic carbocycles. The van der Waals surface area contributed by atoms with E-state index in [1.807, 2.05) is 6.07 Å². The van der Waals surface area contributed by atoms with Crippen LogP contribution < -0.4 is 5.32 Å². The van der Waals surface area contributed by atoms with Gasteiger partial charge in [-0.1, -0.05) is 36.4 Å². The molecule has 2 aromatic rings. The first-order chi connectivity index (χ1) is 7.93. The molecule has 1 N–H and O–H groups in total. The minimum atomic E-state index is 0.601.